The van der Waals surface area contributed by atoms with Crippen molar-refractivity contribution in [3.63, 3.8) is 0 Å². The zero-order valence-electron chi connectivity index (χ0n) is 5.65. The summed E-state index contributed by atoms with van der Waals surface area (Å²) in [4.78, 5) is 14.6. The molecule has 0 saturated carbocycles. The van der Waals surface area contributed by atoms with Gasteiger partial charge < -0.3 is 4.98 Å². The topological polar surface area (TPSA) is 54.5 Å². The maximum absolute atomic E-state index is 4.06. The Labute approximate surface area is 63.4 Å². The highest BCUT2D eigenvalue weighted by atomic mass is 14.9. The molecule has 1 radical (unpaired) electrons. The lowest BCUT2D eigenvalue weighted by molar-refractivity contribution is 1.19. The Morgan fingerprint density at radius 1 is 1.27 bits per heavy atom. The van der Waals surface area contributed by atoms with E-state index in [0.29, 0.717) is 0 Å². The molecule has 0 aromatic carbocycles. The van der Waals surface area contributed by atoms with E-state index in [1.54, 1.807) is 24.8 Å². The Morgan fingerprint density at radius 3 is 2.91 bits per heavy atom. The molecule has 0 bridgehead atoms. The fraction of sp³-hybridized carbons (Fsp3) is 0. The van der Waals surface area contributed by atoms with Crippen LogP contribution in [0, 0.1) is 6.33 Å². The van der Waals surface area contributed by atoms with Crippen molar-refractivity contribution in [2.75, 3.05) is 0 Å². The highest BCUT2D eigenvalue weighted by Crippen LogP contribution is 2.08. The van der Waals surface area contributed by atoms with Crippen molar-refractivity contribution in [2.45, 2.75) is 0 Å². The monoisotopic (exact) mass is 145 g/mol. The summed E-state index contributed by atoms with van der Waals surface area (Å²) < 4.78 is 0. The Morgan fingerprint density at radius 2 is 2.27 bits per heavy atom. The van der Waals surface area contributed by atoms with Crippen LogP contribution in [0.5, 0.6) is 0 Å². The molecule has 2 aromatic rings. The molecule has 0 aliphatic rings. The highest BCUT2D eigenvalue weighted by Gasteiger charge is 1.98. The number of hydrogen-bond acceptors (Lipinski definition) is 3. The third-order valence-electron chi connectivity index (χ3n) is 1.28. The third kappa shape index (κ3) is 1.10. The van der Waals surface area contributed by atoms with Crippen LogP contribution in [0.15, 0.2) is 24.8 Å². The third-order valence-corrected chi connectivity index (χ3v) is 1.28. The number of H-pyrrole nitrogens is 1. The second-order valence-corrected chi connectivity index (χ2v) is 1.99. The summed E-state index contributed by atoms with van der Waals surface area (Å²) in [5, 5.41) is 0. The Hall–Kier alpha value is -1.71. The summed E-state index contributed by atoms with van der Waals surface area (Å²) in [6.07, 6.45) is 9.22. The zero-order valence-corrected chi connectivity index (χ0v) is 5.65. The molecule has 0 atom stereocenters. The lowest BCUT2D eigenvalue weighted by Gasteiger charge is -1.90. The van der Waals surface area contributed by atoms with Gasteiger partial charge in [-0.05, 0) is 0 Å². The molecule has 4 nitrogen and oxygen atoms in total. The number of rotatable bonds is 1. The van der Waals surface area contributed by atoms with Crippen LogP contribution in [0.25, 0.3) is 11.4 Å². The number of aromatic amines is 1. The van der Waals surface area contributed by atoms with Crippen LogP contribution in [0.2, 0.25) is 0 Å². The van der Waals surface area contributed by atoms with Crippen LogP contribution >= 0.6 is 0 Å². The second-order valence-electron chi connectivity index (χ2n) is 1.99. The number of imidazole rings is 1. The average Bonchev–Trinajstić information content (AvgIpc) is 2.58. The second kappa shape index (κ2) is 2.49. The molecule has 1 N–H and O–H groups in total. The summed E-state index contributed by atoms with van der Waals surface area (Å²) in [6, 6.07) is 0. The van der Waals surface area contributed by atoms with E-state index >= 15 is 0 Å². The van der Waals surface area contributed by atoms with E-state index in [4.69, 9.17) is 0 Å². The van der Waals surface area contributed by atoms with Crippen molar-refractivity contribution < 1.29 is 0 Å². The molecule has 11 heavy (non-hydrogen) atoms. The first kappa shape index (κ1) is 6.03. The van der Waals surface area contributed by atoms with Crippen LogP contribution in [-0.2, 0) is 0 Å². The molecule has 0 aliphatic heterocycles. The normalized spacial score (nSPS) is 9.82. The molecule has 0 aliphatic carbocycles. The van der Waals surface area contributed by atoms with E-state index in [-0.39, 0.29) is 0 Å². The summed E-state index contributed by atoms with van der Waals surface area (Å²) in [7, 11) is 0. The molecule has 0 fully saturated rings. The van der Waals surface area contributed by atoms with E-state index in [9.17, 15) is 0 Å². The van der Waals surface area contributed by atoms with Gasteiger partial charge in [-0.15, -0.1) is 0 Å². The van der Waals surface area contributed by atoms with Crippen LogP contribution in [0.3, 0.4) is 0 Å². The van der Waals surface area contributed by atoms with Crippen LogP contribution in [0.1, 0.15) is 0 Å². The maximum atomic E-state index is 4.06. The highest BCUT2D eigenvalue weighted by molar-refractivity contribution is 5.50. The van der Waals surface area contributed by atoms with E-state index in [2.05, 4.69) is 26.3 Å². The lowest BCUT2D eigenvalue weighted by Crippen LogP contribution is -1.82. The van der Waals surface area contributed by atoms with Gasteiger partial charge in [-0.1, -0.05) is 0 Å². The van der Waals surface area contributed by atoms with Crippen molar-refractivity contribution >= 4 is 0 Å². The molecule has 2 aromatic heterocycles. The minimum absolute atomic E-state index is 0.755. The largest absolute Gasteiger partial charge is 0.341 e. The smallest absolute Gasteiger partial charge is 0.174 e. The predicted molar refractivity (Wildman–Crippen MR) is 38.4 cm³/mol. The van der Waals surface area contributed by atoms with Crippen molar-refractivity contribution in [1.82, 2.24) is 19.9 Å². The van der Waals surface area contributed by atoms with Gasteiger partial charge in [0.25, 0.3) is 0 Å². The first-order chi connectivity index (χ1) is 5.47. The van der Waals surface area contributed by atoms with E-state index in [1.807, 2.05) is 0 Å². The summed E-state index contributed by atoms with van der Waals surface area (Å²) >= 11 is 0. The van der Waals surface area contributed by atoms with E-state index in [1.165, 1.54) is 0 Å². The Balaban J connectivity index is 2.46. The summed E-state index contributed by atoms with van der Waals surface area (Å²) in [6.45, 7) is 0. The van der Waals surface area contributed by atoms with E-state index < -0.39 is 0 Å². The van der Waals surface area contributed by atoms with Crippen molar-refractivity contribution in [1.29, 1.82) is 0 Å². The summed E-state index contributed by atoms with van der Waals surface area (Å²) in [5.74, 6) is 0. The molecular weight excluding hydrogens is 140 g/mol. The van der Waals surface area contributed by atoms with Gasteiger partial charge in [0.05, 0.1) is 6.20 Å². The fourth-order valence-electron chi connectivity index (χ4n) is 0.788. The molecular formula is C7H5N4. The number of aromatic nitrogens is 4. The molecule has 2 rings (SSSR count). The molecule has 0 amide bonds. The van der Waals surface area contributed by atoms with Gasteiger partial charge in [-0.25, -0.2) is 4.98 Å². The molecule has 53 valence electrons. The predicted octanol–water partition coefficient (Wildman–Crippen LogP) is 0.667. The van der Waals surface area contributed by atoms with E-state index in [0.717, 1.165) is 11.4 Å². The van der Waals surface area contributed by atoms with Gasteiger partial charge in [-0.3, -0.25) is 9.97 Å². The van der Waals surface area contributed by atoms with Gasteiger partial charge in [0, 0.05) is 18.6 Å². The minimum atomic E-state index is 0.755. The molecule has 4 heteroatoms. The minimum Gasteiger partial charge on any atom is -0.341 e. The summed E-state index contributed by atoms with van der Waals surface area (Å²) in [5.41, 5.74) is 1.52. The molecule has 0 saturated heterocycles. The Bertz CT molecular complexity index is 313. The average molecular weight is 145 g/mol. The van der Waals surface area contributed by atoms with Crippen molar-refractivity contribution in [3.8, 4) is 11.4 Å². The lowest BCUT2D eigenvalue weighted by atomic mass is 10.3. The molecule has 0 spiro atoms. The molecule has 2 heterocycles. The first-order valence-electron chi connectivity index (χ1n) is 3.14. The van der Waals surface area contributed by atoms with Crippen LogP contribution < -0.4 is 0 Å². The van der Waals surface area contributed by atoms with Crippen molar-refractivity contribution in [3.05, 3.63) is 31.1 Å². The Kier molecular flexibility index (Phi) is 1.37. The van der Waals surface area contributed by atoms with Gasteiger partial charge in [0.1, 0.15) is 11.4 Å². The molecule has 0 unspecified atom stereocenters. The standard InChI is InChI=1S/C7H5N4/c1-2-10-6(3-8-1)7-4-9-5-11-7/h1-4H,(H,9,11). The SMILES string of the molecule is [c]1nc(-c2cnccn2)c[nH]1. The van der Waals surface area contributed by atoms with Gasteiger partial charge >= 0.3 is 0 Å². The zero-order chi connectivity index (χ0) is 7.52. The van der Waals surface area contributed by atoms with Crippen LogP contribution in [-0.4, -0.2) is 19.9 Å². The fourth-order valence-corrected chi connectivity index (χ4v) is 0.788. The first-order valence-corrected chi connectivity index (χ1v) is 3.14. The van der Waals surface area contributed by atoms with Gasteiger partial charge in [0.15, 0.2) is 6.33 Å². The maximum Gasteiger partial charge on any atom is 0.174 e. The van der Waals surface area contributed by atoms with Gasteiger partial charge in [-0.2, -0.15) is 0 Å². The van der Waals surface area contributed by atoms with Crippen molar-refractivity contribution in [2.24, 2.45) is 0 Å². The number of nitrogens with zero attached hydrogens (tertiary/aromatic N) is 3. The quantitative estimate of drug-likeness (QED) is 0.641. The number of nitrogens with one attached hydrogen (secondary N) is 1. The number of hydrogen-bond donors (Lipinski definition) is 1. The van der Waals surface area contributed by atoms with Crippen LogP contribution in [0.4, 0.5) is 0 Å². The van der Waals surface area contributed by atoms with Gasteiger partial charge in [0.2, 0.25) is 0 Å².